The number of para-hydroxylation sites is 1. The van der Waals surface area contributed by atoms with E-state index in [1.807, 2.05) is 0 Å². The van der Waals surface area contributed by atoms with Gasteiger partial charge in [-0.15, -0.1) is 0 Å². The van der Waals surface area contributed by atoms with Crippen LogP contribution in [-0.4, -0.2) is 21.1 Å². The first kappa shape index (κ1) is 22.1. The van der Waals surface area contributed by atoms with Gasteiger partial charge in [0.25, 0.3) is 0 Å². The number of benzene rings is 4. The molecule has 1 N–H and O–H groups in total. The van der Waals surface area contributed by atoms with E-state index in [2.05, 4.69) is 125 Å². The van der Waals surface area contributed by atoms with Gasteiger partial charge in [-0.2, -0.15) is 0 Å². The van der Waals surface area contributed by atoms with E-state index in [4.69, 9.17) is 9.97 Å². The summed E-state index contributed by atoms with van der Waals surface area (Å²) in [6.07, 6.45) is 13.3. The van der Waals surface area contributed by atoms with Crippen LogP contribution in [0.25, 0.3) is 61.4 Å². The van der Waals surface area contributed by atoms with Crippen molar-refractivity contribution in [3.63, 3.8) is 0 Å². The molecular weight excluding hydrogens is 476 g/mol. The van der Waals surface area contributed by atoms with Gasteiger partial charge in [-0.3, -0.25) is 4.57 Å². The van der Waals surface area contributed by atoms with Crippen LogP contribution < -0.4 is 5.32 Å². The summed E-state index contributed by atoms with van der Waals surface area (Å²) in [5.41, 5.74) is 6.81. The number of rotatable bonds is 3. The molecule has 0 unspecified atom stereocenters. The van der Waals surface area contributed by atoms with Crippen molar-refractivity contribution >= 4 is 50.0 Å². The highest BCUT2D eigenvalue weighted by atomic mass is 15.1. The number of allylic oxidation sites excluding steroid dienone is 4. The first-order chi connectivity index (χ1) is 19.3. The second-order valence-corrected chi connectivity index (χ2v) is 10.2. The highest BCUT2D eigenvalue weighted by Crippen LogP contribution is 2.37. The zero-order valence-corrected chi connectivity index (χ0v) is 21.4. The summed E-state index contributed by atoms with van der Waals surface area (Å²) in [6.45, 7) is 0.750. The maximum Gasteiger partial charge on any atom is 0.163 e. The first-order valence-electron chi connectivity index (χ1n) is 13.6. The van der Waals surface area contributed by atoms with Gasteiger partial charge >= 0.3 is 0 Å². The van der Waals surface area contributed by atoms with Crippen LogP contribution in [-0.2, 0) is 0 Å². The predicted octanol–water partition coefficient (Wildman–Crippen LogP) is 8.57. The van der Waals surface area contributed by atoms with Crippen LogP contribution >= 0.6 is 0 Å². The SMILES string of the molecule is C1=CC(c2ccc(-c3nc4c(c(-n5c6ccccc6c6cc7ccccc7cc65)n3)C=CCN4)cc2)=CCC1. The second-order valence-electron chi connectivity index (χ2n) is 10.2. The lowest BCUT2D eigenvalue weighted by Crippen LogP contribution is -2.13. The molecule has 0 fully saturated rings. The van der Waals surface area contributed by atoms with E-state index in [0.717, 1.165) is 59.0 Å². The van der Waals surface area contributed by atoms with E-state index in [0.29, 0.717) is 0 Å². The van der Waals surface area contributed by atoms with Crippen LogP contribution in [0.15, 0.2) is 109 Å². The van der Waals surface area contributed by atoms with E-state index >= 15 is 0 Å². The average molecular weight is 503 g/mol. The Kier molecular flexibility index (Phi) is 4.99. The Labute approximate surface area is 226 Å². The van der Waals surface area contributed by atoms with Crippen molar-refractivity contribution in [2.24, 2.45) is 0 Å². The molecule has 1 aliphatic heterocycles. The third-order valence-electron chi connectivity index (χ3n) is 7.82. The quantitative estimate of drug-likeness (QED) is 0.264. The molecule has 0 saturated heterocycles. The first-order valence-corrected chi connectivity index (χ1v) is 13.6. The number of anilines is 1. The average Bonchev–Trinajstić information content (AvgIpc) is 3.33. The number of nitrogens with one attached hydrogen (secondary N) is 1. The van der Waals surface area contributed by atoms with Crippen LogP contribution in [0.2, 0.25) is 0 Å². The van der Waals surface area contributed by atoms with Gasteiger partial charge in [0.2, 0.25) is 0 Å². The Bertz CT molecular complexity index is 2010. The molecule has 0 saturated carbocycles. The fourth-order valence-corrected chi connectivity index (χ4v) is 5.90. The summed E-state index contributed by atoms with van der Waals surface area (Å²) in [6, 6.07) is 30.4. The fourth-order valence-electron chi connectivity index (χ4n) is 5.90. The van der Waals surface area contributed by atoms with Crippen molar-refractivity contribution in [2.45, 2.75) is 12.8 Å². The van der Waals surface area contributed by atoms with Crippen LogP contribution in [0.3, 0.4) is 0 Å². The van der Waals surface area contributed by atoms with E-state index in [9.17, 15) is 0 Å². The molecule has 2 aliphatic rings. The van der Waals surface area contributed by atoms with Crippen molar-refractivity contribution in [1.82, 2.24) is 14.5 Å². The number of nitrogens with zero attached hydrogens (tertiary/aromatic N) is 3. The van der Waals surface area contributed by atoms with Crippen molar-refractivity contribution < 1.29 is 0 Å². The minimum Gasteiger partial charge on any atom is -0.366 e. The monoisotopic (exact) mass is 502 g/mol. The number of aromatic nitrogens is 3. The summed E-state index contributed by atoms with van der Waals surface area (Å²) in [5, 5.41) is 8.40. The standard InChI is InChI=1S/C35H26N4/c1-2-9-23(10-3-1)24-16-18-25(19-17-24)33-37-34-29(14-8-20-36-34)35(38-33)39-31-15-7-6-13-28(31)30-21-26-11-4-5-12-27(26)22-32(30)39/h2,4-19,21-22H,1,3,20H2,(H,36,37,38). The van der Waals surface area contributed by atoms with Crippen molar-refractivity contribution in [1.29, 1.82) is 0 Å². The zero-order chi connectivity index (χ0) is 25.8. The summed E-state index contributed by atoms with van der Waals surface area (Å²) in [5.74, 6) is 2.48. The third-order valence-corrected chi connectivity index (χ3v) is 7.82. The molecule has 4 heteroatoms. The van der Waals surface area contributed by atoms with Crippen LogP contribution in [0.5, 0.6) is 0 Å². The highest BCUT2D eigenvalue weighted by molar-refractivity contribution is 6.13. The van der Waals surface area contributed by atoms with Gasteiger partial charge in [0.1, 0.15) is 5.82 Å². The second kappa shape index (κ2) is 8.81. The molecule has 6 aromatic rings. The Hall–Kier alpha value is -4.96. The molecule has 0 radical (unpaired) electrons. The smallest absolute Gasteiger partial charge is 0.163 e. The molecular formula is C35H26N4. The number of fused-ring (bicyclic) bond motifs is 5. The van der Waals surface area contributed by atoms with Crippen LogP contribution in [0.1, 0.15) is 24.0 Å². The molecule has 4 nitrogen and oxygen atoms in total. The fraction of sp³-hybridized carbons (Fsp3) is 0.0857. The molecule has 8 rings (SSSR count). The third kappa shape index (κ3) is 3.60. The van der Waals surface area contributed by atoms with E-state index in [1.54, 1.807) is 0 Å². The molecule has 4 aromatic carbocycles. The molecule has 1 aliphatic carbocycles. The highest BCUT2D eigenvalue weighted by Gasteiger charge is 2.21. The van der Waals surface area contributed by atoms with Crippen LogP contribution in [0.4, 0.5) is 5.82 Å². The molecule has 2 aromatic heterocycles. The molecule has 0 spiro atoms. The molecule has 186 valence electrons. The number of hydrogen-bond acceptors (Lipinski definition) is 3. The Balaban J connectivity index is 1.37. The Morgan fingerprint density at radius 1 is 0.667 bits per heavy atom. The largest absolute Gasteiger partial charge is 0.366 e. The van der Waals surface area contributed by atoms with Gasteiger partial charge in [-0.25, -0.2) is 9.97 Å². The van der Waals surface area contributed by atoms with Crippen molar-refractivity contribution in [2.75, 3.05) is 11.9 Å². The summed E-state index contributed by atoms with van der Waals surface area (Å²) < 4.78 is 2.31. The molecule has 39 heavy (non-hydrogen) atoms. The normalized spacial score (nSPS) is 14.5. The van der Waals surface area contributed by atoms with Gasteiger partial charge in [0.15, 0.2) is 11.6 Å². The topological polar surface area (TPSA) is 42.7 Å². The summed E-state index contributed by atoms with van der Waals surface area (Å²) >= 11 is 0. The lowest BCUT2D eigenvalue weighted by Gasteiger charge is -2.19. The van der Waals surface area contributed by atoms with Gasteiger partial charge in [0, 0.05) is 22.9 Å². The van der Waals surface area contributed by atoms with E-state index < -0.39 is 0 Å². The van der Waals surface area contributed by atoms with Gasteiger partial charge < -0.3 is 5.32 Å². The van der Waals surface area contributed by atoms with Gasteiger partial charge in [0.05, 0.1) is 16.6 Å². The van der Waals surface area contributed by atoms with Crippen molar-refractivity contribution in [3.8, 4) is 17.2 Å². The summed E-state index contributed by atoms with van der Waals surface area (Å²) in [4.78, 5) is 10.2. The maximum atomic E-state index is 5.25. The van der Waals surface area contributed by atoms with Crippen LogP contribution in [0, 0.1) is 0 Å². The van der Waals surface area contributed by atoms with Crippen molar-refractivity contribution in [3.05, 3.63) is 120 Å². The Morgan fingerprint density at radius 3 is 2.31 bits per heavy atom. The predicted molar refractivity (Wildman–Crippen MR) is 163 cm³/mol. The molecule has 0 atom stereocenters. The summed E-state index contributed by atoms with van der Waals surface area (Å²) in [7, 11) is 0. The molecule has 0 bridgehead atoms. The van der Waals surface area contributed by atoms with E-state index in [-0.39, 0.29) is 0 Å². The minimum absolute atomic E-state index is 0.720. The van der Waals surface area contributed by atoms with Gasteiger partial charge in [-0.1, -0.05) is 91.0 Å². The lowest BCUT2D eigenvalue weighted by molar-refractivity contribution is 1.03. The van der Waals surface area contributed by atoms with E-state index in [1.165, 1.54) is 32.7 Å². The van der Waals surface area contributed by atoms with Gasteiger partial charge in [-0.05, 0) is 59.0 Å². The molecule has 3 heterocycles. The maximum absolute atomic E-state index is 5.25. The zero-order valence-electron chi connectivity index (χ0n) is 21.4. The molecule has 0 amide bonds. The number of hydrogen-bond donors (Lipinski definition) is 1. The minimum atomic E-state index is 0.720. The lowest BCUT2D eigenvalue weighted by atomic mass is 9.98. The Morgan fingerprint density at radius 2 is 1.46 bits per heavy atom.